The standard InChI is InChI=1S/C18H22N2/c1-20-11-9-15(10-12-20)17-4-2-3-16(13-17)14-5-7-18(19)8-6-14/h2-8,13,15H,9-12,19H2,1H3. The summed E-state index contributed by atoms with van der Waals surface area (Å²) in [6, 6.07) is 17.1. The second-order valence-electron chi connectivity index (χ2n) is 5.83. The number of rotatable bonds is 2. The van der Waals surface area contributed by atoms with Gasteiger partial charge in [-0.2, -0.15) is 0 Å². The summed E-state index contributed by atoms with van der Waals surface area (Å²) >= 11 is 0. The average Bonchev–Trinajstić information content (AvgIpc) is 2.49. The van der Waals surface area contributed by atoms with Crippen LogP contribution in [0.2, 0.25) is 0 Å². The number of hydrogen-bond donors (Lipinski definition) is 1. The molecule has 0 amide bonds. The Morgan fingerprint density at radius 3 is 2.35 bits per heavy atom. The van der Waals surface area contributed by atoms with Gasteiger partial charge < -0.3 is 10.6 Å². The van der Waals surface area contributed by atoms with E-state index in [0.29, 0.717) is 5.92 Å². The highest BCUT2D eigenvalue weighted by atomic mass is 15.1. The van der Waals surface area contributed by atoms with Crippen molar-refractivity contribution in [1.82, 2.24) is 4.90 Å². The Morgan fingerprint density at radius 1 is 0.950 bits per heavy atom. The first kappa shape index (κ1) is 13.2. The van der Waals surface area contributed by atoms with Gasteiger partial charge in [-0.1, -0.05) is 36.4 Å². The molecule has 0 saturated carbocycles. The molecule has 20 heavy (non-hydrogen) atoms. The van der Waals surface area contributed by atoms with Crippen LogP contribution in [0.15, 0.2) is 48.5 Å². The molecule has 1 aliphatic rings. The van der Waals surface area contributed by atoms with Crippen LogP contribution in [-0.2, 0) is 0 Å². The van der Waals surface area contributed by atoms with E-state index in [0.717, 1.165) is 5.69 Å². The van der Waals surface area contributed by atoms with Crippen molar-refractivity contribution in [3.8, 4) is 11.1 Å². The molecule has 2 N–H and O–H groups in total. The molecule has 0 aromatic heterocycles. The molecular weight excluding hydrogens is 244 g/mol. The van der Waals surface area contributed by atoms with Crippen LogP contribution in [0.3, 0.4) is 0 Å². The molecule has 2 nitrogen and oxygen atoms in total. The van der Waals surface area contributed by atoms with Crippen LogP contribution >= 0.6 is 0 Å². The molecule has 0 spiro atoms. The molecule has 3 rings (SSSR count). The number of nitrogen functional groups attached to an aromatic ring is 1. The SMILES string of the molecule is CN1CCC(c2cccc(-c3ccc(N)cc3)c2)CC1. The Bertz CT molecular complexity index is 566. The fourth-order valence-electron chi connectivity index (χ4n) is 2.99. The summed E-state index contributed by atoms with van der Waals surface area (Å²) in [5, 5.41) is 0. The number of hydrogen-bond acceptors (Lipinski definition) is 2. The minimum atomic E-state index is 0.708. The molecule has 0 radical (unpaired) electrons. The van der Waals surface area contributed by atoms with E-state index < -0.39 is 0 Å². The van der Waals surface area contributed by atoms with Crippen molar-refractivity contribution in [3.05, 3.63) is 54.1 Å². The molecule has 2 aromatic carbocycles. The maximum Gasteiger partial charge on any atom is 0.0314 e. The van der Waals surface area contributed by atoms with Gasteiger partial charge in [-0.25, -0.2) is 0 Å². The largest absolute Gasteiger partial charge is 0.399 e. The minimum Gasteiger partial charge on any atom is -0.399 e. The van der Waals surface area contributed by atoms with Crippen LogP contribution < -0.4 is 5.73 Å². The zero-order valence-corrected chi connectivity index (χ0v) is 12.0. The summed E-state index contributed by atoms with van der Waals surface area (Å²) in [7, 11) is 2.21. The number of likely N-dealkylation sites (tertiary alicyclic amines) is 1. The van der Waals surface area contributed by atoms with E-state index in [9.17, 15) is 0 Å². The van der Waals surface area contributed by atoms with Gasteiger partial charge in [0, 0.05) is 5.69 Å². The average molecular weight is 266 g/mol. The summed E-state index contributed by atoms with van der Waals surface area (Å²) in [6.07, 6.45) is 2.53. The molecule has 1 saturated heterocycles. The van der Waals surface area contributed by atoms with Crippen LogP contribution in [0.25, 0.3) is 11.1 Å². The van der Waals surface area contributed by atoms with E-state index in [2.05, 4.69) is 48.3 Å². The highest BCUT2D eigenvalue weighted by Gasteiger charge is 2.18. The number of piperidine rings is 1. The fourth-order valence-corrected chi connectivity index (χ4v) is 2.99. The smallest absolute Gasteiger partial charge is 0.0314 e. The second-order valence-corrected chi connectivity index (χ2v) is 5.83. The number of anilines is 1. The van der Waals surface area contributed by atoms with Crippen LogP contribution in [0.4, 0.5) is 5.69 Å². The number of nitrogens with zero attached hydrogens (tertiary/aromatic N) is 1. The normalized spacial score (nSPS) is 17.2. The van der Waals surface area contributed by atoms with Crippen molar-refractivity contribution in [2.45, 2.75) is 18.8 Å². The van der Waals surface area contributed by atoms with E-state index in [4.69, 9.17) is 5.73 Å². The van der Waals surface area contributed by atoms with Crippen molar-refractivity contribution in [2.24, 2.45) is 0 Å². The van der Waals surface area contributed by atoms with Crippen molar-refractivity contribution in [2.75, 3.05) is 25.9 Å². The van der Waals surface area contributed by atoms with Crippen molar-refractivity contribution < 1.29 is 0 Å². The monoisotopic (exact) mass is 266 g/mol. The van der Waals surface area contributed by atoms with Crippen LogP contribution in [0.5, 0.6) is 0 Å². The van der Waals surface area contributed by atoms with Gasteiger partial charge in [0.05, 0.1) is 0 Å². The summed E-state index contributed by atoms with van der Waals surface area (Å²) in [5.74, 6) is 0.708. The Labute approximate surface area is 121 Å². The van der Waals surface area contributed by atoms with Crippen LogP contribution in [0, 0.1) is 0 Å². The Kier molecular flexibility index (Phi) is 3.75. The second kappa shape index (κ2) is 5.68. The minimum absolute atomic E-state index is 0.708. The lowest BCUT2D eigenvalue weighted by Gasteiger charge is -2.29. The predicted molar refractivity (Wildman–Crippen MR) is 85.8 cm³/mol. The first-order chi connectivity index (χ1) is 9.72. The van der Waals surface area contributed by atoms with E-state index >= 15 is 0 Å². The molecule has 1 aliphatic heterocycles. The summed E-state index contributed by atoms with van der Waals surface area (Å²) in [5.41, 5.74) is 10.6. The van der Waals surface area contributed by atoms with Gasteiger partial charge in [0.15, 0.2) is 0 Å². The molecular formula is C18H22N2. The quantitative estimate of drug-likeness (QED) is 0.839. The molecule has 0 unspecified atom stereocenters. The summed E-state index contributed by atoms with van der Waals surface area (Å²) < 4.78 is 0. The van der Waals surface area contributed by atoms with E-state index in [-0.39, 0.29) is 0 Å². The van der Waals surface area contributed by atoms with Crippen molar-refractivity contribution >= 4 is 5.69 Å². The third kappa shape index (κ3) is 2.86. The molecule has 104 valence electrons. The molecule has 1 heterocycles. The maximum absolute atomic E-state index is 5.76. The molecule has 2 heteroatoms. The third-order valence-electron chi connectivity index (χ3n) is 4.32. The first-order valence-corrected chi connectivity index (χ1v) is 7.37. The van der Waals surface area contributed by atoms with Gasteiger partial charge in [0.25, 0.3) is 0 Å². The van der Waals surface area contributed by atoms with Gasteiger partial charge in [-0.05, 0) is 67.7 Å². The van der Waals surface area contributed by atoms with Gasteiger partial charge in [-0.15, -0.1) is 0 Å². The number of nitrogens with two attached hydrogens (primary N) is 1. The van der Waals surface area contributed by atoms with Crippen molar-refractivity contribution in [1.29, 1.82) is 0 Å². The zero-order valence-electron chi connectivity index (χ0n) is 12.0. The van der Waals surface area contributed by atoms with E-state index in [1.807, 2.05) is 12.1 Å². The molecule has 0 atom stereocenters. The van der Waals surface area contributed by atoms with Gasteiger partial charge in [-0.3, -0.25) is 0 Å². The van der Waals surface area contributed by atoms with Crippen LogP contribution in [0.1, 0.15) is 24.3 Å². The molecule has 2 aromatic rings. The van der Waals surface area contributed by atoms with E-state index in [1.54, 1.807) is 0 Å². The Hall–Kier alpha value is -1.80. The third-order valence-corrected chi connectivity index (χ3v) is 4.32. The van der Waals surface area contributed by atoms with Gasteiger partial charge in [0.1, 0.15) is 0 Å². The van der Waals surface area contributed by atoms with Crippen LogP contribution in [-0.4, -0.2) is 25.0 Å². The first-order valence-electron chi connectivity index (χ1n) is 7.37. The van der Waals surface area contributed by atoms with Crippen molar-refractivity contribution in [3.63, 3.8) is 0 Å². The lowest BCUT2D eigenvalue weighted by molar-refractivity contribution is 0.255. The van der Waals surface area contributed by atoms with E-state index in [1.165, 1.54) is 42.6 Å². The van der Waals surface area contributed by atoms with Gasteiger partial charge >= 0.3 is 0 Å². The lowest BCUT2D eigenvalue weighted by Crippen LogP contribution is -2.29. The fraction of sp³-hybridized carbons (Fsp3) is 0.333. The molecule has 0 aliphatic carbocycles. The predicted octanol–water partition coefficient (Wildman–Crippen LogP) is 3.75. The number of benzene rings is 2. The topological polar surface area (TPSA) is 29.3 Å². The summed E-state index contributed by atoms with van der Waals surface area (Å²) in [4.78, 5) is 2.42. The Balaban J connectivity index is 1.84. The van der Waals surface area contributed by atoms with Gasteiger partial charge in [0.2, 0.25) is 0 Å². The molecule has 0 bridgehead atoms. The Morgan fingerprint density at radius 2 is 1.65 bits per heavy atom. The highest BCUT2D eigenvalue weighted by Crippen LogP contribution is 2.30. The summed E-state index contributed by atoms with van der Waals surface area (Å²) in [6.45, 7) is 2.41. The molecule has 1 fully saturated rings. The zero-order chi connectivity index (χ0) is 13.9. The highest BCUT2D eigenvalue weighted by molar-refractivity contribution is 5.66. The lowest BCUT2D eigenvalue weighted by atomic mass is 9.88. The maximum atomic E-state index is 5.76.